The van der Waals surface area contributed by atoms with Crippen LogP contribution in [0.25, 0.3) is 0 Å². The molecule has 1 atom stereocenters. The summed E-state index contributed by atoms with van der Waals surface area (Å²) in [4.78, 5) is 5.62. The molecular weight excluding hydrogens is 208 g/mol. The Bertz CT molecular complexity index is 304. The Morgan fingerprint density at radius 3 is 2.73 bits per heavy atom. The van der Waals surface area contributed by atoms with Crippen molar-refractivity contribution in [2.45, 2.75) is 52.3 Å². The Kier molecular flexibility index (Phi) is 4.25. The summed E-state index contributed by atoms with van der Waals surface area (Å²) in [6.07, 6.45) is 2.97. The topological polar surface area (TPSA) is 45.2 Å². The van der Waals surface area contributed by atoms with Crippen molar-refractivity contribution in [3.63, 3.8) is 0 Å². The van der Waals surface area contributed by atoms with E-state index >= 15 is 0 Å². The lowest BCUT2D eigenvalue weighted by Crippen LogP contribution is -2.44. The largest absolute Gasteiger partial charge is 0.389 e. The maximum atomic E-state index is 9.74. The molecule has 2 N–H and O–H groups in total. The van der Waals surface area contributed by atoms with E-state index in [9.17, 15) is 5.11 Å². The lowest BCUT2D eigenvalue weighted by Gasteiger charge is -2.26. The highest BCUT2D eigenvalue weighted by Crippen LogP contribution is 2.14. The van der Waals surface area contributed by atoms with Gasteiger partial charge in [0.05, 0.1) is 5.60 Å². The molecule has 0 aromatic carbocycles. The van der Waals surface area contributed by atoms with Crippen LogP contribution in [0, 0.1) is 0 Å². The van der Waals surface area contributed by atoms with Crippen LogP contribution in [-0.2, 0) is 13.0 Å². The predicted molar refractivity (Wildman–Crippen MR) is 64.1 cm³/mol. The van der Waals surface area contributed by atoms with E-state index in [-0.39, 0.29) is 6.04 Å². The van der Waals surface area contributed by atoms with Crippen molar-refractivity contribution in [1.82, 2.24) is 10.3 Å². The minimum absolute atomic E-state index is 0.0616. The summed E-state index contributed by atoms with van der Waals surface area (Å²) >= 11 is 1.73. The lowest BCUT2D eigenvalue weighted by atomic mass is 10.0. The van der Waals surface area contributed by atoms with Gasteiger partial charge in [-0.1, -0.05) is 6.92 Å². The highest BCUT2D eigenvalue weighted by Gasteiger charge is 2.21. The van der Waals surface area contributed by atoms with Crippen LogP contribution >= 0.6 is 11.3 Å². The number of nitrogens with one attached hydrogen (secondary N) is 1. The molecule has 1 aromatic rings. The van der Waals surface area contributed by atoms with Gasteiger partial charge in [0.2, 0.25) is 0 Å². The second-order valence-corrected chi connectivity index (χ2v) is 5.53. The zero-order valence-electron chi connectivity index (χ0n) is 9.87. The standard InChI is InChI=1S/C11H20N2OS/c1-5-9-6-13-10(15-9)7-12-8(2)11(3,4)14/h6,8,12,14H,5,7H2,1-4H3. The number of rotatable bonds is 5. The van der Waals surface area contributed by atoms with Gasteiger partial charge in [-0.05, 0) is 27.2 Å². The van der Waals surface area contributed by atoms with Crippen LogP contribution in [0.3, 0.4) is 0 Å². The molecule has 0 aliphatic heterocycles. The Hall–Kier alpha value is -0.450. The molecule has 1 rings (SSSR count). The molecule has 0 fully saturated rings. The quantitative estimate of drug-likeness (QED) is 0.809. The first kappa shape index (κ1) is 12.6. The summed E-state index contributed by atoms with van der Waals surface area (Å²) in [6.45, 7) is 8.46. The van der Waals surface area contributed by atoms with E-state index < -0.39 is 5.60 Å². The number of aromatic nitrogens is 1. The number of aryl methyl sites for hydroxylation is 1. The molecule has 3 nitrogen and oxygen atoms in total. The highest BCUT2D eigenvalue weighted by atomic mass is 32.1. The maximum Gasteiger partial charge on any atom is 0.107 e. The third-order valence-corrected chi connectivity index (χ3v) is 3.71. The molecule has 0 aliphatic carbocycles. The summed E-state index contributed by atoms with van der Waals surface area (Å²) < 4.78 is 0. The number of nitrogens with zero attached hydrogens (tertiary/aromatic N) is 1. The fraction of sp³-hybridized carbons (Fsp3) is 0.727. The molecule has 0 saturated heterocycles. The van der Waals surface area contributed by atoms with E-state index in [2.05, 4.69) is 17.2 Å². The number of aliphatic hydroxyl groups is 1. The molecule has 4 heteroatoms. The van der Waals surface area contributed by atoms with Crippen LogP contribution in [0.2, 0.25) is 0 Å². The molecule has 0 saturated carbocycles. The van der Waals surface area contributed by atoms with Gasteiger partial charge < -0.3 is 10.4 Å². The van der Waals surface area contributed by atoms with Gasteiger partial charge in [-0.3, -0.25) is 0 Å². The molecule has 0 bridgehead atoms. The highest BCUT2D eigenvalue weighted by molar-refractivity contribution is 7.11. The molecule has 1 unspecified atom stereocenters. The molecule has 0 radical (unpaired) electrons. The zero-order valence-corrected chi connectivity index (χ0v) is 10.7. The Morgan fingerprint density at radius 2 is 2.27 bits per heavy atom. The average Bonchev–Trinajstić information content (AvgIpc) is 2.60. The summed E-state index contributed by atoms with van der Waals surface area (Å²) in [5, 5.41) is 14.1. The van der Waals surface area contributed by atoms with Crippen molar-refractivity contribution < 1.29 is 5.11 Å². The van der Waals surface area contributed by atoms with Crippen LogP contribution in [0.1, 0.15) is 37.6 Å². The molecule has 0 aliphatic rings. The summed E-state index contributed by atoms with van der Waals surface area (Å²) in [5.74, 6) is 0. The van der Waals surface area contributed by atoms with Gasteiger partial charge in [-0.15, -0.1) is 11.3 Å². The molecule has 1 aromatic heterocycles. The van der Waals surface area contributed by atoms with Crippen LogP contribution in [0.5, 0.6) is 0 Å². The van der Waals surface area contributed by atoms with Gasteiger partial charge in [0.1, 0.15) is 5.01 Å². The third-order valence-electron chi connectivity index (χ3n) is 2.57. The second-order valence-electron chi connectivity index (χ2n) is 4.33. The van der Waals surface area contributed by atoms with E-state index in [1.807, 2.05) is 27.0 Å². The van der Waals surface area contributed by atoms with Crippen molar-refractivity contribution >= 4 is 11.3 Å². The van der Waals surface area contributed by atoms with Crippen molar-refractivity contribution in [3.8, 4) is 0 Å². The van der Waals surface area contributed by atoms with Gasteiger partial charge in [-0.2, -0.15) is 0 Å². The maximum absolute atomic E-state index is 9.74. The Labute approximate surface area is 95.6 Å². The minimum Gasteiger partial charge on any atom is -0.389 e. The average molecular weight is 228 g/mol. The fourth-order valence-corrected chi connectivity index (χ4v) is 1.90. The first-order valence-corrected chi connectivity index (χ1v) is 6.14. The van der Waals surface area contributed by atoms with E-state index in [0.717, 1.165) is 18.0 Å². The van der Waals surface area contributed by atoms with Crippen molar-refractivity contribution in [2.24, 2.45) is 0 Å². The molecule has 86 valence electrons. The van der Waals surface area contributed by atoms with Crippen LogP contribution in [-0.4, -0.2) is 21.7 Å². The van der Waals surface area contributed by atoms with E-state index in [0.29, 0.717) is 0 Å². The van der Waals surface area contributed by atoms with Crippen LogP contribution in [0.4, 0.5) is 0 Å². The molecule has 15 heavy (non-hydrogen) atoms. The number of hydrogen-bond acceptors (Lipinski definition) is 4. The van der Waals surface area contributed by atoms with Crippen molar-refractivity contribution in [2.75, 3.05) is 0 Å². The fourth-order valence-electron chi connectivity index (χ4n) is 1.08. The smallest absolute Gasteiger partial charge is 0.107 e. The second kappa shape index (κ2) is 5.05. The zero-order chi connectivity index (χ0) is 11.5. The van der Waals surface area contributed by atoms with Crippen molar-refractivity contribution in [3.05, 3.63) is 16.1 Å². The predicted octanol–water partition coefficient (Wildman–Crippen LogP) is 1.95. The lowest BCUT2D eigenvalue weighted by molar-refractivity contribution is 0.0437. The van der Waals surface area contributed by atoms with Gasteiger partial charge in [0, 0.05) is 23.7 Å². The van der Waals surface area contributed by atoms with Gasteiger partial charge in [-0.25, -0.2) is 4.98 Å². The van der Waals surface area contributed by atoms with Crippen LogP contribution in [0.15, 0.2) is 6.20 Å². The number of thiazole rings is 1. The van der Waals surface area contributed by atoms with E-state index in [1.54, 1.807) is 11.3 Å². The van der Waals surface area contributed by atoms with Crippen LogP contribution < -0.4 is 5.32 Å². The summed E-state index contributed by atoms with van der Waals surface area (Å²) in [7, 11) is 0. The number of hydrogen-bond donors (Lipinski definition) is 2. The van der Waals surface area contributed by atoms with Gasteiger partial charge in [0.15, 0.2) is 0 Å². The van der Waals surface area contributed by atoms with Gasteiger partial charge >= 0.3 is 0 Å². The molecule has 0 spiro atoms. The summed E-state index contributed by atoms with van der Waals surface area (Å²) in [5.41, 5.74) is -0.690. The van der Waals surface area contributed by atoms with E-state index in [1.165, 1.54) is 4.88 Å². The third kappa shape index (κ3) is 3.89. The monoisotopic (exact) mass is 228 g/mol. The normalized spacial score (nSPS) is 14.2. The first-order valence-electron chi connectivity index (χ1n) is 5.32. The van der Waals surface area contributed by atoms with Crippen molar-refractivity contribution in [1.29, 1.82) is 0 Å². The molecular formula is C11H20N2OS. The Balaban J connectivity index is 2.43. The molecule has 1 heterocycles. The first-order chi connectivity index (χ1) is 6.93. The summed E-state index contributed by atoms with van der Waals surface area (Å²) in [6, 6.07) is 0.0616. The Morgan fingerprint density at radius 1 is 1.60 bits per heavy atom. The van der Waals surface area contributed by atoms with Gasteiger partial charge in [0.25, 0.3) is 0 Å². The van der Waals surface area contributed by atoms with E-state index in [4.69, 9.17) is 0 Å². The SMILES string of the molecule is CCc1cnc(CNC(C)C(C)(C)O)s1. The minimum atomic E-state index is -0.690. The molecule has 0 amide bonds.